The fourth-order valence-electron chi connectivity index (χ4n) is 2.11. The number of aromatic nitrogens is 2. The van der Waals surface area contributed by atoms with Crippen molar-refractivity contribution in [2.75, 3.05) is 12.4 Å². The van der Waals surface area contributed by atoms with Crippen LogP contribution in [0.25, 0.3) is 10.9 Å². The van der Waals surface area contributed by atoms with Gasteiger partial charge in [-0.15, -0.1) is 0 Å². The molecule has 6 heteroatoms. The lowest BCUT2D eigenvalue weighted by molar-refractivity contribution is -0.139. The van der Waals surface area contributed by atoms with E-state index in [1.54, 1.807) is 19.2 Å². The van der Waals surface area contributed by atoms with Gasteiger partial charge in [-0.1, -0.05) is 20.3 Å². The molecular formula is C15H19N3O3. The molecule has 1 aromatic heterocycles. The number of ether oxygens (including phenoxy) is 1. The molecule has 2 atom stereocenters. The molecule has 0 saturated heterocycles. The predicted molar refractivity (Wildman–Crippen MR) is 80.6 cm³/mol. The molecule has 0 radical (unpaired) electrons. The quantitative estimate of drug-likeness (QED) is 0.850. The summed E-state index contributed by atoms with van der Waals surface area (Å²) < 4.78 is 5.16. The zero-order valence-corrected chi connectivity index (χ0v) is 12.3. The minimum absolute atomic E-state index is 0.00855. The second-order valence-corrected chi connectivity index (χ2v) is 4.95. The molecule has 0 aliphatic rings. The first kappa shape index (κ1) is 15.0. The first-order chi connectivity index (χ1) is 10.1. The van der Waals surface area contributed by atoms with E-state index in [0.717, 1.165) is 11.8 Å². The highest BCUT2D eigenvalue weighted by Crippen LogP contribution is 2.25. The first-order valence-corrected chi connectivity index (χ1v) is 6.85. The van der Waals surface area contributed by atoms with Crippen molar-refractivity contribution < 1.29 is 14.6 Å². The summed E-state index contributed by atoms with van der Waals surface area (Å²) in [5.41, 5.74) is 0.708. The van der Waals surface area contributed by atoms with E-state index in [-0.39, 0.29) is 5.92 Å². The van der Waals surface area contributed by atoms with Crippen LogP contribution in [0, 0.1) is 5.92 Å². The van der Waals surface area contributed by atoms with E-state index in [9.17, 15) is 9.90 Å². The van der Waals surface area contributed by atoms with Crippen LogP contribution < -0.4 is 10.1 Å². The third-order valence-electron chi connectivity index (χ3n) is 3.61. The van der Waals surface area contributed by atoms with Gasteiger partial charge in [0.25, 0.3) is 0 Å². The summed E-state index contributed by atoms with van der Waals surface area (Å²) in [4.78, 5) is 19.8. The zero-order valence-electron chi connectivity index (χ0n) is 12.3. The van der Waals surface area contributed by atoms with Gasteiger partial charge in [-0.2, -0.15) is 0 Å². The van der Waals surface area contributed by atoms with Gasteiger partial charge in [-0.05, 0) is 18.1 Å². The van der Waals surface area contributed by atoms with Crippen molar-refractivity contribution in [2.24, 2.45) is 5.92 Å². The van der Waals surface area contributed by atoms with E-state index in [1.165, 1.54) is 6.33 Å². The van der Waals surface area contributed by atoms with Gasteiger partial charge in [-0.3, -0.25) is 0 Å². The summed E-state index contributed by atoms with van der Waals surface area (Å²) in [6.45, 7) is 3.86. The zero-order chi connectivity index (χ0) is 15.4. The number of hydrogen-bond donors (Lipinski definition) is 2. The molecule has 0 spiro atoms. The number of hydrogen-bond acceptors (Lipinski definition) is 5. The fourth-order valence-corrected chi connectivity index (χ4v) is 2.11. The van der Waals surface area contributed by atoms with E-state index in [4.69, 9.17) is 4.74 Å². The van der Waals surface area contributed by atoms with E-state index >= 15 is 0 Å². The lowest BCUT2D eigenvalue weighted by atomic mass is 9.99. The first-order valence-electron chi connectivity index (χ1n) is 6.85. The van der Waals surface area contributed by atoms with Crippen LogP contribution in [0.15, 0.2) is 24.5 Å². The number of benzene rings is 1. The number of aliphatic carboxylic acids is 1. The van der Waals surface area contributed by atoms with Crippen LogP contribution in [-0.4, -0.2) is 34.2 Å². The third kappa shape index (κ3) is 3.21. The van der Waals surface area contributed by atoms with E-state index in [2.05, 4.69) is 15.3 Å². The summed E-state index contributed by atoms with van der Waals surface area (Å²) in [5.74, 6) is 0.328. The Balaban J connectivity index is 2.39. The van der Waals surface area contributed by atoms with Crippen molar-refractivity contribution in [3.8, 4) is 5.75 Å². The van der Waals surface area contributed by atoms with Crippen LogP contribution in [0.5, 0.6) is 5.75 Å². The van der Waals surface area contributed by atoms with Gasteiger partial charge in [0, 0.05) is 11.5 Å². The van der Waals surface area contributed by atoms with Crippen LogP contribution in [0.2, 0.25) is 0 Å². The molecule has 0 fully saturated rings. The van der Waals surface area contributed by atoms with Crippen molar-refractivity contribution in [1.82, 2.24) is 9.97 Å². The van der Waals surface area contributed by atoms with Crippen molar-refractivity contribution in [3.63, 3.8) is 0 Å². The molecule has 0 aliphatic carbocycles. The summed E-state index contributed by atoms with van der Waals surface area (Å²) in [7, 11) is 1.59. The molecule has 0 saturated carbocycles. The van der Waals surface area contributed by atoms with Crippen molar-refractivity contribution >= 4 is 22.7 Å². The van der Waals surface area contributed by atoms with Gasteiger partial charge in [0.05, 0.1) is 12.6 Å². The van der Waals surface area contributed by atoms with Crippen LogP contribution in [0.4, 0.5) is 5.82 Å². The van der Waals surface area contributed by atoms with Gasteiger partial charge in [0.15, 0.2) is 0 Å². The largest absolute Gasteiger partial charge is 0.497 e. The minimum atomic E-state index is -0.885. The summed E-state index contributed by atoms with van der Waals surface area (Å²) in [6, 6.07) is 4.73. The average Bonchev–Trinajstić information content (AvgIpc) is 2.50. The maximum Gasteiger partial charge on any atom is 0.326 e. The summed E-state index contributed by atoms with van der Waals surface area (Å²) >= 11 is 0. The number of anilines is 1. The molecule has 6 nitrogen and oxygen atoms in total. The normalized spacial score (nSPS) is 13.7. The molecular weight excluding hydrogens is 270 g/mol. The van der Waals surface area contributed by atoms with Crippen molar-refractivity contribution in [2.45, 2.75) is 26.3 Å². The molecule has 0 amide bonds. The Hall–Kier alpha value is -2.37. The monoisotopic (exact) mass is 289 g/mol. The smallest absolute Gasteiger partial charge is 0.326 e. The maximum absolute atomic E-state index is 11.4. The number of methoxy groups -OCH3 is 1. The summed E-state index contributed by atoms with van der Waals surface area (Å²) in [5, 5.41) is 13.2. The number of carboxylic acids is 1. The lowest BCUT2D eigenvalue weighted by Crippen LogP contribution is -2.35. The molecule has 2 N–H and O–H groups in total. The molecule has 0 aliphatic heterocycles. The Morgan fingerprint density at radius 3 is 2.81 bits per heavy atom. The van der Waals surface area contributed by atoms with E-state index in [1.807, 2.05) is 19.9 Å². The highest BCUT2D eigenvalue weighted by molar-refractivity contribution is 5.91. The second kappa shape index (κ2) is 6.39. The SMILES string of the molecule is CCC(C)C(Nc1ncnc2cc(OC)ccc12)C(=O)O. The maximum atomic E-state index is 11.4. The van der Waals surface area contributed by atoms with Crippen LogP contribution in [0.3, 0.4) is 0 Å². The molecule has 2 aromatic rings. The van der Waals surface area contributed by atoms with Gasteiger partial charge in [-0.25, -0.2) is 14.8 Å². The number of rotatable bonds is 6. The number of carboxylic acid groups (broad SMARTS) is 1. The molecule has 2 rings (SSSR count). The number of carbonyl (C=O) groups is 1. The van der Waals surface area contributed by atoms with Crippen LogP contribution >= 0.6 is 0 Å². The van der Waals surface area contributed by atoms with Crippen LogP contribution in [0.1, 0.15) is 20.3 Å². The van der Waals surface area contributed by atoms with E-state index in [0.29, 0.717) is 17.1 Å². The Kier molecular flexibility index (Phi) is 4.57. The van der Waals surface area contributed by atoms with Gasteiger partial charge < -0.3 is 15.2 Å². The molecule has 1 aromatic carbocycles. The number of fused-ring (bicyclic) bond motifs is 1. The molecule has 0 bridgehead atoms. The number of nitrogens with one attached hydrogen (secondary N) is 1. The molecule has 21 heavy (non-hydrogen) atoms. The van der Waals surface area contributed by atoms with Crippen molar-refractivity contribution in [3.05, 3.63) is 24.5 Å². The van der Waals surface area contributed by atoms with Crippen molar-refractivity contribution in [1.29, 1.82) is 0 Å². The molecule has 2 unspecified atom stereocenters. The van der Waals surface area contributed by atoms with Gasteiger partial charge in [0.1, 0.15) is 23.9 Å². The molecule has 112 valence electrons. The van der Waals surface area contributed by atoms with Gasteiger partial charge in [0.2, 0.25) is 0 Å². The van der Waals surface area contributed by atoms with E-state index < -0.39 is 12.0 Å². The Bertz CT molecular complexity index is 645. The summed E-state index contributed by atoms with van der Waals surface area (Å²) in [6.07, 6.45) is 2.18. The Morgan fingerprint density at radius 1 is 1.43 bits per heavy atom. The lowest BCUT2D eigenvalue weighted by Gasteiger charge is -2.21. The third-order valence-corrected chi connectivity index (χ3v) is 3.61. The Labute approximate surface area is 123 Å². The predicted octanol–water partition coefficient (Wildman–Crippen LogP) is 2.55. The minimum Gasteiger partial charge on any atom is -0.497 e. The fraction of sp³-hybridized carbons (Fsp3) is 0.400. The van der Waals surface area contributed by atoms with Crippen LogP contribution in [-0.2, 0) is 4.79 Å². The highest BCUT2D eigenvalue weighted by atomic mass is 16.5. The number of nitrogens with zero attached hydrogens (tertiary/aromatic N) is 2. The van der Waals surface area contributed by atoms with Gasteiger partial charge >= 0.3 is 5.97 Å². The standard InChI is InChI=1S/C15H19N3O3/c1-4-9(2)13(15(19)20)18-14-11-6-5-10(21-3)7-12(11)16-8-17-14/h5-9,13H,4H2,1-3H3,(H,19,20)(H,16,17,18). The highest BCUT2D eigenvalue weighted by Gasteiger charge is 2.24. The Morgan fingerprint density at radius 2 is 2.19 bits per heavy atom. The topological polar surface area (TPSA) is 84.3 Å². The molecule has 1 heterocycles. The average molecular weight is 289 g/mol. The second-order valence-electron chi connectivity index (χ2n) is 4.95.